The number of halogens is 1. The van der Waals surface area contributed by atoms with Crippen molar-refractivity contribution in [1.29, 1.82) is 0 Å². The molecule has 3 fully saturated rings. The minimum absolute atomic E-state index is 0.642. The van der Waals surface area contributed by atoms with Gasteiger partial charge in [0.25, 0.3) is 0 Å². The van der Waals surface area contributed by atoms with Gasteiger partial charge in [-0.25, -0.2) is 0 Å². The van der Waals surface area contributed by atoms with Crippen molar-refractivity contribution in [3.63, 3.8) is 0 Å². The third-order valence-corrected chi connectivity index (χ3v) is 17.7. The molecule has 0 aromatic heterocycles. The summed E-state index contributed by atoms with van der Waals surface area (Å²) in [6, 6.07) is 0. The lowest BCUT2D eigenvalue weighted by Crippen LogP contribution is -2.24. The normalized spacial score (nSPS) is 29.5. The van der Waals surface area contributed by atoms with Crippen LogP contribution in [0.4, 0.5) is 0 Å². The average Bonchev–Trinajstić information content (AvgIpc) is 3.10. The van der Waals surface area contributed by atoms with E-state index in [0.29, 0.717) is 0 Å². The summed E-state index contributed by atoms with van der Waals surface area (Å²) in [6.07, 6.45) is 18.9. The van der Waals surface area contributed by atoms with Crippen LogP contribution in [0.3, 0.4) is 0 Å². The zero-order valence-corrected chi connectivity index (χ0v) is 14.1. The molecule has 0 bridgehead atoms. The van der Waals surface area contributed by atoms with E-state index in [0.717, 1.165) is 0 Å². The second kappa shape index (κ2) is 5.65. The largest absolute Gasteiger partial charge is 0.155 e. The Morgan fingerprint density at radius 1 is 0.529 bits per heavy atom. The molecule has 0 spiro atoms. The Labute approximate surface area is 121 Å². The van der Waals surface area contributed by atoms with E-state index in [1.165, 1.54) is 17.0 Å². The fraction of sp³-hybridized carbons (Fsp3) is 1.00. The average molecular weight is 365 g/mol. The van der Waals surface area contributed by atoms with E-state index in [-0.39, 0.29) is 0 Å². The highest BCUT2D eigenvalue weighted by Gasteiger charge is 2.57. The molecule has 0 nitrogen and oxygen atoms in total. The zero-order chi connectivity index (χ0) is 11.7. The van der Waals surface area contributed by atoms with Gasteiger partial charge in [-0.1, -0.05) is 0 Å². The molecule has 98 valence electrons. The van der Waals surface area contributed by atoms with Crippen molar-refractivity contribution in [3.05, 3.63) is 0 Å². The minimum atomic E-state index is -0.642. The maximum atomic E-state index is 3.09. The first-order valence-electron chi connectivity index (χ1n) is 7.89. The molecule has 0 heterocycles. The van der Waals surface area contributed by atoms with Crippen LogP contribution in [0, 0.1) is 0 Å². The van der Waals surface area contributed by atoms with Crippen molar-refractivity contribution in [2.45, 2.75) is 94.0 Å². The molecule has 2 heteroatoms. The van der Waals surface area contributed by atoms with Gasteiger partial charge in [0.15, 0.2) is 22.0 Å². The van der Waals surface area contributed by atoms with Crippen LogP contribution in [0.25, 0.3) is 0 Å². The second-order valence-electron chi connectivity index (χ2n) is 6.55. The summed E-state index contributed by atoms with van der Waals surface area (Å²) < 4.78 is 0. The zero-order valence-electron chi connectivity index (χ0n) is 11.0. The molecule has 0 radical (unpaired) electrons. The molecule has 0 amide bonds. The van der Waals surface area contributed by atoms with Gasteiger partial charge in [0.1, 0.15) is 0 Å². The molecule has 0 aliphatic heterocycles. The maximum Gasteiger partial charge on any atom is 0.155 e. The summed E-state index contributed by atoms with van der Waals surface area (Å²) in [5.74, 6) is 0. The van der Waals surface area contributed by atoms with E-state index in [9.17, 15) is 0 Å². The molecule has 0 aromatic carbocycles. The van der Waals surface area contributed by atoms with E-state index in [1.54, 1.807) is 77.0 Å². The van der Waals surface area contributed by atoms with Crippen molar-refractivity contribution in [3.8, 4) is 0 Å². The topological polar surface area (TPSA) is 0 Å². The Kier molecular flexibility index (Phi) is 4.37. The van der Waals surface area contributed by atoms with Gasteiger partial charge in [-0.3, -0.25) is 0 Å². The molecule has 3 aliphatic rings. The summed E-state index contributed by atoms with van der Waals surface area (Å²) in [4.78, 5) is -0.642. The van der Waals surface area contributed by atoms with Crippen LogP contribution >= 0.6 is 26.9 Å². The van der Waals surface area contributed by atoms with Crippen molar-refractivity contribution in [1.82, 2.24) is 0 Å². The molecule has 0 aromatic rings. The predicted octanol–water partition coefficient (Wildman–Crippen LogP) is 6.18. The Morgan fingerprint density at radius 3 is 1.00 bits per heavy atom. The first kappa shape index (κ1) is 13.2. The summed E-state index contributed by atoms with van der Waals surface area (Å²) in [7, 11) is 0. The summed E-state index contributed by atoms with van der Waals surface area (Å²) in [5.41, 5.74) is 3.57. The summed E-state index contributed by atoms with van der Waals surface area (Å²) in [6.45, 7) is 0. The van der Waals surface area contributed by atoms with Gasteiger partial charge in [-0.05, 0) is 77.0 Å². The molecule has 0 N–H and O–H groups in total. The lowest BCUT2D eigenvalue weighted by molar-refractivity contribution is 0.773. The monoisotopic (exact) mass is 365 g/mol. The summed E-state index contributed by atoms with van der Waals surface area (Å²) in [5, 5.41) is 0. The van der Waals surface area contributed by atoms with E-state index in [1.807, 2.05) is 0 Å². The standard InChI is InChI=1S/C15H27IP/c16-17(13-7-1-2-8-13,14-9-3-4-10-14)15-11-5-6-12-15/h13-15H,1-12H2/q+1. The van der Waals surface area contributed by atoms with E-state index in [2.05, 4.69) is 22.0 Å². The van der Waals surface area contributed by atoms with Gasteiger partial charge in [-0.2, -0.15) is 0 Å². The van der Waals surface area contributed by atoms with Crippen molar-refractivity contribution < 1.29 is 0 Å². The Hall–Kier alpha value is 1.16. The molecule has 0 unspecified atom stereocenters. The number of hydrogen-bond acceptors (Lipinski definition) is 0. The lowest BCUT2D eigenvalue weighted by Gasteiger charge is -2.36. The van der Waals surface area contributed by atoms with Gasteiger partial charge in [0.05, 0.1) is 21.9 Å². The van der Waals surface area contributed by atoms with E-state index in [4.69, 9.17) is 0 Å². The van der Waals surface area contributed by atoms with Crippen LogP contribution in [0.2, 0.25) is 0 Å². The quantitative estimate of drug-likeness (QED) is 0.414. The van der Waals surface area contributed by atoms with Crippen LogP contribution in [0.5, 0.6) is 0 Å². The molecule has 3 rings (SSSR count). The van der Waals surface area contributed by atoms with Crippen LogP contribution in [0.1, 0.15) is 77.0 Å². The molecular formula is C15H27IP+. The number of rotatable bonds is 3. The van der Waals surface area contributed by atoms with Gasteiger partial charge in [0.2, 0.25) is 0 Å². The maximum absolute atomic E-state index is 3.09. The van der Waals surface area contributed by atoms with Crippen LogP contribution in [-0.4, -0.2) is 17.0 Å². The van der Waals surface area contributed by atoms with Crippen molar-refractivity contribution in [2.75, 3.05) is 0 Å². The van der Waals surface area contributed by atoms with Crippen LogP contribution in [0.15, 0.2) is 0 Å². The second-order valence-corrected chi connectivity index (χ2v) is 15.2. The SMILES string of the molecule is I[P+](C1CCCC1)(C1CCCC1)C1CCCC1. The van der Waals surface area contributed by atoms with Gasteiger partial charge < -0.3 is 0 Å². The minimum Gasteiger partial charge on any atom is -0.0494 e. The van der Waals surface area contributed by atoms with E-state index >= 15 is 0 Å². The van der Waals surface area contributed by atoms with Gasteiger partial charge in [0, 0.05) is 0 Å². The van der Waals surface area contributed by atoms with Gasteiger partial charge in [-0.15, -0.1) is 0 Å². The first-order valence-corrected chi connectivity index (χ1v) is 12.7. The third kappa shape index (κ3) is 2.45. The van der Waals surface area contributed by atoms with Crippen molar-refractivity contribution in [2.24, 2.45) is 0 Å². The molecular weight excluding hydrogens is 338 g/mol. The van der Waals surface area contributed by atoms with Crippen LogP contribution in [-0.2, 0) is 0 Å². The summed E-state index contributed by atoms with van der Waals surface area (Å²) >= 11 is 3.09. The fourth-order valence-corrected chi connectivity index (χ4v) is 15.1. The fourth-order valence-electron chi connectivity index (χ4n) is 4.79. The van der Waals surface area contributed by atoms with Crippen molar-refractivity contribution >= 4 is 26.9 Å². The highest BCUT2D eigenvalue weighted by Crippen LogP contribution is 2.83. The smallest absolute Gasteiger partial charge is 0.0494 e. The van der Waals surface area contributed by atoms with Gasteiger partial charge >= 0.3 is 0 Å². The number of hydrogen-bond donors (Lipinski definition) is 0. The Bertz CT molecular complexity index is 207. The Morgan fingerprint density at radius 2 is 0.765 bits per heavy atom. The predicted molar refractivity (Wildman–Crippen MR) is 87.7 cm³/mol. The Balaban J connectivity index is 1.81. The lowest BCUT2D eigenvalue weighted by atomic mass is 10.3. The third-order valence-electron chi connectivity index (χ3n) is 5.65. The van der Waals surface area contributed by atoms with E-state index < -0.39 is 4.90 Å². The van der Waals surface area contributed by atoms with Crippen LogP contribution < -0.4 is 0 Å². The molecule has 3 aliphatic carbocycles. The highest BCUT2D eigenvalue weighted by atomic mass is 127. The first-order chi connectivity index (χ1) is 8.32. The highest BCUT2D eigenvalue weighted by molar-refractivity contribution is 14.2. The molecule has 0 atom stereocenters. The molecule has 0 saturated heterocycles. The molecule has 17 heavy (non-hydrogen) atoms. The molecule has 3 saturated carbocycles.